The first kappa shape index (κ1) is 16.3. The van der Waals surface area contributed by atoms with Crippen LogP contribution in [0.25, 0.3) is 11.1 Å². The van der Waals surface area contributed by atoms with Gasteiger partial charge in [0.1, 0.15) is 5.52 Å². The number of rotatable bonds is 7. The Balaban J connectivity index is 2.02. The Morgan fingerprint density at radius 1 is 1.36 bits per heavy atom. The van der Waals surface area contributed by atoms with E-state index in [-0.39, 0.29) is 12.6 Å². The van der Waals surface area contributed by atoms with Gasteiger partial charge in [-0.3, -0.25) is 0 Å². The number of unbranched alkanes of at least 4 members (excludes halogenated alkanes) is 2. The van der Waals surface area contributed by atoms with Crippen LogP contribution in [0.1, 0.15) is 32.1 Å². The first-order valence-electron chi connectivity index (χ1n) is 7.68. The Kier molecular flexibility index (Phi) is 5.77. The van der Waals surface area contributed by atoms with E-state index in [1.165, 1.54) is 0 Å². The van der Waals surface area contributed by atoms with Gasteiger partial charge in [0.2, 0.25) is 0 Å². The highest BCUT2D eigenvalue weighted by Crippen LogP contribution is 2.20. The van der Waals surface area contributed by atoms with Gasteiger partial charge in [-0.05, 0) is 18.6 Å². The summed E-state index contributed by atoms with van der Waals surface area (Å²) in [4.78, 5) is 18.2. The number of nitrogens with one attached hydrogen (secondary N) is 1. The lowest BCUT2D eigenvalue weighted by atomic mass is 10.2. The zero-order chi connectivity index (χ0) is 15.9. The van der Waals surface area contributed by atoms with E-state index in [0.29, 0.717) is 30.3 Å². The van der Waals surface area contributed by atoms with Crippen molar-refractivity contribution in [2.75, 3.05) is 25.0 Å². The molecule has 0 saturated heterocycles. The number of carbonyl (C=O) groups excluding carboxylic acids is 1. The van der Waals surface area contributed by atoms with E-state index in [1.54, 1.807) is 24.0 Å². The molecule has 0 saturated carbocycles. The lowest BCUT2D eigenvalue weighted by Crippen LogP contribution is -2.37. The second kappa shape index (κ2) is 7.79. The Morgan fingerprint density at radius 2 is 2.18 bits per heavy atom. The Bertz CT molecular complexity index is 624. The fourth-order valence-corrected chi connectivity index (χ4v) is 2.31. The minimum Gasteiger partial charge on any atom is -0.441 e. The molecule has 1 aromatic heterocycles. The van der Waals surface area contributed by atoms with Crippen molar-refractivity contribution in [1.82, 2.24) is 9.88 Å². The number of carbonyl (C=O) groups is 1. The molecule has 0 aliphatic heterocycles. The number of aliphatic hydroxyl groups is 1. The fourth-order valence-electron chi connectivity index (χ4n) is 2.31. The Hall–Kier alpha value is -2.08. The highest BCUT2D eigenvalue weighted by molar-refractivity contribution is 5.91. The van der Waals surface area contributed by atoms with Gasteiger partial charge in [-0.15, -0.1) is 0 Å². The van der Waals surface area contributed by atoms with Crippen molar-refractivity contribution >= 4 is 22.8 Å². The second-order valence-electron chi connectivity index (χ2n) is 5.26. The summed E-state index contributed by atoms with van der Waals surface area (Å²) in [6.07, 6.45) is 3.10. The van der Waals surface area contributed by atoms with E-state index >= 15 is 0 Å². The molecule has 120 valence electrons. The third-order valence-corrected chi connectivity index (χ3v) is 3.44. The number of nitrogens with zero attached hydrogens (tertiary/aromatic N) is 2. The summed E-state index contributed by atoms with van der Waals surface area (Å²) >= 11 is 0. The predicted octanol–water partition coefficient (Wildman–Crippen LogP) is 3.15. The molecule has 2 N–H and O–H groups in total. The van der Waals surface area contributed by atoms with Gasteiger partial charge in [-0.2, -0.15) is 0 Å². The van der Waals surface area contributed by atoms with Crippen molar-refractivity contribution < 1.29 is 14.3 Å². The number of anilines is 1. The van der Waals surface area contributed by atoms with Crippen LogP contribution in [0, 0.1) is 6.92 Å². The molecule has 6 heteroatoms. The van der Waals surface area contributed by atoms with Crippen molar-refractivity contribution in [3.63, 3.8) is 0 Å². The summed E-state index contributed by atoms with van der Waals surface area (Å²) in [5.41, 5.74) is 2.08. The van der Waals surface area contributed by atoms with Crippen LogP contribution in [-0.4, -0.2) is 40.7 Å². The average molecular weight is 305 g/mol. The maximum Gasteiger partial charge on any atom is 0.321 e. The minimum atomic E-state index is -0.208. The molecule has 0 atom stereocenters. The number of aliphatic hydroxyl groups excluding tert-OH is 1. The van der Waals surface area contributed by atoms with Gasteiger partial charge >= 0.3 is 6.03 Å². The van der Waals surface area contributed by atoms with Crippen LogP contribution in [0.3, 0.4) is 0 Å². The zero-order valence-electron chi connectivity index (χ0n) is 13.1. The summed E-state index contributed by atoms with van der Waals surface area (Å²) in [5.74, 6) is 0.597. The van der Waals surface area contributed by atoms with Gasteiger partial charge in [0.15, 0.2) is 11.5 Å². The number of fused-ring (bicyclic) bond motifs is 1. The maximum atomic E-state index is 12.3. The lowest BCUT2D eigenvalue weighted by molar-refractivity contribution is 0.187. The quantitative estimate of drug-likeness (QED) is 0.770. The highest BCUT2D eigenvalue weighted by Gasteiger charge is 2.13. The van der Waals surface area contributed by atoms with Crippen molar-refractivity contribution in [3.8, 4) is 0 Å². The van der Waals surface area contributed by atoms with Crippen LogP contribution in [-0.2, 0) is 0 Å². The van der Waals surface area contributed by atoms with Crippen LogP contribution in [0.4, 0.5) is 10.5 Å². The molecule has 0 spiro atoms. The highest BCUT2D eigenvalue weighted by atomic mass is 16.3. The predicted molar refractivity (Wildman–Crippen MR) is 85.9 cm³/mol. The number of aromatic nitrogens is 1. The van der Waals surface area contributed by atoms with E-state index in [9.17, 15) is 4.79 Å². The van der Waals surface area contributed by atoms with Crippen LogP contribution in [0.15, 0.2) is 22.6 Å². The normalized spacial score (nSPS) is 10.9. The second-order valence-corrected chi connectivity index (χ2v) is 5.26. The molecule has 0 radical (unpaired) electrons. The van der Waals surface area contributed by atoms with Crippen molar-refractivity contribution in [2.24, 2.45) is 0 Å². The standard InChI is InChI=1S/C16H23N3O3/c1-3-4-5-8-19(9-10-20)16(21)18-13-6-7-14-15(11-13)22-12(2)17-14/h6-7,11,20H,3-5,8-10H2,1-2H3,(H,18,21). The van der Waals surface area contributed by atoms with Crippen molar-refractivity contribution in [2.45, 2.75) is 33.1 Å². The smallest absolute Gasteiger partial charge is 0.321 e. The van der Waals surface area contributed by atoms with Crippen LogP contribution < -0.4 is 5.32 Å². The van der Waals surface area contributed by atoms with E-state index < -0.39 is 0 Å². The summed E-state index contributed by atoms with van der Waals surface area (Å²) in [5, 5.41) is 12.0. The molecule has 2 amide bonds. The van der Waals surface area contributed by atoms with Crippen LogP contribution in [0.2, 0.25) is 0 Å². The lowest BCUT2D eigenvalue weighted by Gasteiger charge is -2.22. The monoisotopic (exact) mass is 305 g/mol. The fraction of sp³-hybridized carbons (Fsp3) is 0.500. The van der Waals surface area contributed by atoms with Gasteiger partial charge in [0.05, 0.1) is 6.61 Å². The van der Waals surface area contributed by atoms with Crippen molar-refractivity contribution in [1.29, 1.82) is 0 Å². The number of benzene rings is 1. The molecule has 0 bridgehead atoms. The summed E-state index contributed by atoms with van der Waals surface area (Å²) in [6.45, 7) is 4.84. The summed E-state index contributed by atoms with van der Waals surface area (Å²) < 4.78 is 5.46. The van der Waals surface area contributed by atoms with Crippen LogP contribution in [0.5, 0.6) is 0 Å². The molecule has 0 unspecified atom stereocenters. The van der Waals surface area contributed by atoms with Gasteiger partial charge in [-0.25, -0.2) is 9.78 Å². The first-order chi connectivity index (χ1) is 10.6. The molecule has 0 aliphatic carbocycles. The molecule has 1 aromatic carbocycles. The topological polar surface area (TPSA) is 78.6 Å². The number of urea groups is 1. The van der Waals surface area contributed by atoms with Crippen molar-refractivity contribution in [3.05, 3.63) is 24.1 Å². The Morgan fingerprint density at radius 3 is 2.91 bits per heavy atom. The zero-order valence-corrected chi connectivity index (χ0v) is 13.1. The molecule has 1 heterocycles. The maximum absolute atomic E-state index is 12.3. The number of amides is 2. The van der Waals surface area contributed by atoms with E-state index in [4.69, 9.17) is 9.52 Å². The van der Waals surface area contributed by atoms with Gasteiger partial charge in [0, 0.05) is 31.8 Å². The number of hydrogen-bond donors (Lipinski definition) is 2. The van der Waals surface area contributed by atoms with Gasteiger partial charge in [-0.1, -0.05) is 19.8 Å². The number of oxazole rings is 1. The van der Waals surface area contributed by atoms with Gasteiger partial charge in [0.25, 0.3) is 0 Å². The number of aryl methyl sites for hydroxylation is 1. The average Bonchev–Trinajstić information content (AvgIpc) is 2.86. The molecule has 6 nitrogen and oxygen atoms in total. The molecule has 0 fully saturated rings. The van der Waals surface area contributed by atoms with Gasteiger partial charge < -0.3 is 19.7 Å². The molecular formula is C16H23N3O3. The summed E-state index contributed by atoms with van der Waals surface area (Å²) in [7, 11) is 0. The molecule has 2 aromatic rings. The van der Waals surface area contributed by atoms with E-state index in [0.717, 1.165) is 24.8 Å². The molecular weight excluding hydrogens is 282 g/mol. The first-order valence-corrected chi connectivity index (χ1v) is 7.68. The SMILES string of the molecule is CCCCCN(CCO)C(=O)Nc1ccc2nc(C)oc2c1. The molecule has 22 heavy (non-hydrogen) atoms. The third-order valence-electron chi connectivity index (χ3n) is 3.44. The van der Waals surface area contributed by atoms with E-state index in [2.05, 4.69) is 17.2 Å². The minimum absolute atomic E-state index is 0.0418. The van der Waals surface area contributed by atoms with E-state index in [1.807, 2.05) is 6.07 Å². The third kappa shape index (κ3) is 4.21. The molecule has 2 rings (SSSR count). The largest absolute Gasteiger partial charge is 0.441 e. The summed E-state index contributed by atoms with van der Waals surface area (Å²) in [6, 6.07) is 5.16. The number of hydrogen-bond acceptors (Lipinski definition) is 4. The molecule has 0 aliphatic rings. The van der Waals surface area contributed by atoms with Crippen LogP contribution >= 0.6 is 0 Å². The Labute approximate surface area is 130 Å².